The molecule has 0 radical (unpaired) electrons. The van der Waals surface area contributed by atoms with Crippen LogP contribution in [0.15, 0.2) is 35.2 Å². The molecule has 0 saturated heterocycles. The molecule has 1 amide bonds. The molecule has 0 atom stereocenters. The maximum atomic E-state index is 12.0. The highest BCUT2D eigenvalue weighted by Gasteiger charge is 2.10. The number of nitrogens with zero attached hydrogens (tertiary/aromatic N) is 3. The van der Waals surface area contributed by atoms with E-state index >= 15 is 0 Å². The van der Waals surface area contributed by atoms with Gasteiger partial charge in [-0.15, -0.1) is 10.2 Å². The van der Waals surface area contributed by atoms with Crippen molar-refractivity contribution in [1.29, 1.82) is 0 Å². The first kappa shape index (κ1) is 10.9. The first-order chi connectivity index (χ1) is 8.75. The Morgan fingerprint density at radius 2 is 2.28 bits per heavy atom. The third-order valence-electron chi connectivity index (χ3n) is 2.64. The molecule has 0 aromatic carbocycles. The molecule has 0 bridgehead atoms. The highest BCUT2D eigenvalue weighted by molar-refractivity contribution is 7.08. The highest BCUT2D eigenvalue weighted by Crippen LogP contribution is 2.17. The van der Waals surface area contributed by atoms with E-state index in [0.29, 0.717) is 16.9 Å². The number of thiophene rings is 1. The number of amides is 1. The summed E-state index contributed by atoms with van der Waals surface area (Å²) >= 11 is 1.49. The molecule has 0 unspecified atom stereocenters. The van der Waals surface area contributed by atoms with E-state index in [1.807, 2.05) is 40.4 Å². The second kappa shape index (κ2) is 4.23. The van der Waals surface area contributed by atoms with Crippen LogP contribution >= 0.6 is 11.3 Å². The van der Waals surface area contributed by atoms with Gasteiger partial charge in [-0.25, -0.2) is 0 Å². The minimum Gasteiger partial charge on any atom is -0.319 e. The van der Waals surface area contributed by atoms with Gasteiger partial charge in [0.2, 0.25) is 0 Å². The average molecular weight is 258 g/mol. The number of hydrogen-bond donors (Lipinski definition) is 1. The fourth-order valence-corrected chi connectivity index (χ4v) is 2.35. The van der Waals surface area contributed by atoms with Gasteiger partial charge in [-0.2, -0.15) is 11.3 Å². The fourth-order valence-electron chi connectivity index (χ4n) is 1.72. The number of aryl methyl sites for hydroxylation is 1. The molecular weight excluding hydrogens is 248 g/mol. The van der Waals surface area contributed by atoms with E-state index in [-0.39, 0.29) is 5.91 Å². The van der Waals surface area contributed by atoms with Gasteiger partial charge >= 0.3 is 0 Å². The van der Waals surface area contributed by atoms with Crippen molar-refractivity contribution >= 4 is 28.6 Å². The van der Waals surface area contributed by atoms with Gasteiger partial charge in [0, 0.05) is 11.6 Å². The topological polar surface area (TPSA) is 59.3 Å². The summed E-state index contributed by atoms with van der Waals surface area (Å²) in [6, 6.07) is 5.45. The summed E-state index contributed by atoms with van der Waals surface area (Å²) in [5, 5.41) is 14.6. The normalized spacial score (nSPS) is 10.7. The van der Waals surface area contributed by atoms with Gasteiger partial charge in [0.25, 0.3) is 5.91 Å². The smallest absolute Gasteiger partial charge is 0.256 e. The molecule has 1 N–H and O–H groups in total. The molecule has 0 aliphatic carbocycles. The molecule has 0 fully saturated rings. The Kier molecular flexibility index (Phi) is 2.56. The number of fused-ring (bicyclic) bond motifs is 1. The Morgan fingerprint density at radius 3 is 3.06 bits per heavy atom. The van der Waals surface area contributed by atoms with Crippen molar-refractivity contribution in [2.75, 3.05) is 5.32 Å². The quantitative estimate of drug-likeness (QED) is 0.767. The van der Waals surface area contributed by atoms with E-state index in [2.05, 4.69) is 15.5 Å². The number of anilines is 1. The molecule has 3 aromatic heterocycles. The van der Waals surface area contributed by atoms with Crippen molar-refractivity contribution in [3.05, 3.63) is 46.5 Å². The zero-order valence-corrected chi connectivity index (χ0v) is 10.4. The number of pyridine rings is 1. The van der Waals surface area contributed by atoms with E-state index < -0.39 is 0 Å². The van der Waals surface area contributed by atoms with E-state index in [1.165, 1.54) is 11.3 Å². The van der Waals surface area contributed by atoms with E-state index in [4.69, 9.17) is 0 Å². The maximum absolute atomic E-state index is 12.0. The summed E-state index contributed by atoms with van der Waals surface area (Å²) in [6.45, 7) is 1.87. The monoisotopic (exact) mass is 258 g/mol. The second-order valence-corrected chi connectivity index (χ2v) is 4.61. The Bertz CT molecular complexity index is 702. The number of nitrogens with one attached hydrogen (secondary N) is 1. The summed E-state index contributed by atoms with van der Waals surface area (Å²) in [4.78, 5) is 12.0. The first-order valence-corrected chi connectivity index (χ1v) is 6.34. The molecule has 90 valence electrons. The van der Waals surface area contributed by atoms with Gasteiger partial charge in [-0.05, 0) is 30.5 Å². The van der Waals surface area contributed by atoms with Gasteiger partial charge in [0.05, 0.1) is 11.3 Å². The largest absolute Gasteiger partial charge is 0.319 e. The Hall–Kier alpha value is -2.21. The van der Waals surface area contributed by atoms with Gasteiger partial charge in [0.15, 0.2) is 5.65 Å². The molecule has 3 rings (SSSR count). The third-order valence-corrected chi connectivity index (χ3v) is 3.32. The highest BCUT2D eigenvalue weighted by atomic mass is 32.1. The molecule has 18 heavy (non-hydrogen) atoms. The van der Waals surface area contributed by atoms with Crippen LogP contribution in [0.3, 0.4) is 0 Å². The lowest BCUT2D eigenvalue weighted by Crippen LogP contribution is -2.11. The van der Waals surface area contributed by atoms with Crippen molar-refractivity contribution < 1.29 is 4.79 Å². The first-order valence-electron chi connectivity index (χ1n) is 5.39. The van der Waals surface area contributed by atoms with Crippen LogP contribution in [-0.4, -0.2) is 20.5 Å². The Morgan fingerprint density at radius 1 is 1.39 bits per heavy atom. The SMILES string of the molecule is Cc1nnc2c(NC(=O)c3ccsc3)cccn12. The maximum Gasteiger partial charge on any atom is 0.256 e. The summed E-state index contributed by atoms with van der Waals surface area (Å²) in [6.07, 6.45) is 1.87. The van der Waals surface area contributed by atoms with Crippen LogP contribution in [0.5, 0.6) is 0 Å². The molecule has 3 aromatic rings. The van der Waals surface area contributed by atoms with Gasteiger partial charge in [0.1, 0.15) is 5.82 Å². The summed E-state index contributed by atoms with van der Waals surface area (Å²) in [7, 11) is 0. The fraction of sp³-hybridized carbons (Fsp3) is 0.0833. The predicted octanol–water partition coefficient (Wildman–Crippen LogP) is 2.35. The lowest BCUT2D eigenvalue weighted by atomic mass is 10.3. The number of rotatable bonds is 2. The number of hydrogen-bond acceptors (Lipinski definition) is 4. The average Bonchev–Trinajstić information content (AvgIpc) is 3.00. The van der Waals surface area contributed by atoms with Crippen molar-refractivity contribution in [3.63, 3.8) is 0 Å². The van der Waals surface area contributed by atoms with Crippen molar-refractivity contribution in [2.24, 2.45) is 0 Å². The summed E-state index contributed by atoms with van der Waals surface area (Å²) < 4.78 is 1.84. The van der Waals surface area contributed by atoms with E-state index in [1.54, 1.807) is 6.07 Å². The van der Waals surface area contributed by atoms with Crippen molar-refractivity contribution in [1.82, 2.24) is 14.6 Å². The summed E-state index contributed by atoms with van der Waals surface area (Å²) in [5.41, 5.74) is 1.96. The van der Waals surface area contributed by atoms with Gasteiger partial charge < -0.3 is 5.32 Å². The third kappa shape index (κ3) is 1.76. The summed E-state index contributed by atoms with van der Waals surface area (Å²) in [5.74, 6) is 0.654. The predicted molar refractivity (Wildman–Crippen MR) is 70.0 cm³/mol. The standard InChI is InChI=1S/C12H10N4OS/c1-8-14-15-11-10(3-2-5-16(8)11)13-12(17)9-4-6-18-7-9/h2-7H,1H3,(H,13,17). The van der Waals surface area contributed by atoms with E-state index in [9.17, 15) is 4.79 Å². The van der Waals surface area contributed by atoms with Crippen molar-refractivity contribution in [3.8, 4) is 0 Å². The van der Waals surface area contributed by atoms with Gasteiger partial charge in [-0.1, -0.05) is 0 Å². The van der Waals surface area contributed by atoms with Gasteiger partial charge in [-0.3, -0.25) is 9.20 Å². The minimum atomic E-state index is -0.134. The lowest BCUT2D eigenvalue weighted by Gasteiger charge is -2.04. The van der Waals surface area contributed by atoms with Crippen LogP contribution in [0.2, 0.25) is 0 Å². The number of carbonyl (C=O) groups excluding carboxylic acids is 1. The zero-order chi connectivity index (χ0) is 12.5. The molecule has 3 heterocycles. The van der Waals surface area contributed by atoms with Crippen LogP contribution in [0.4, 0.5) is 5.69 Å². The molecule has 0 aliphatic heterocycles. The minimum absolute atomic E-state index is 0.134. The lowest BCUT2D eigenvalue weighted by molar-refractivity contribution is 0.102. The molecule has 0 spiro atoms. The number of aromatic nitrogens is 3. The van der Waals surface area contributed by atoms with Crippen LogP contribution < -0.4 is 5.32 Å². The van der Waals surface area contributed by atoms with Crippen molar-refractivity contribution in [2.45, 2.75) is 6.92 Å². The Balaban J connectivity index is 1.98. The second-order valence-electron chi connectivity index (χ2n) is 3.83. The van der Waals surface area contributed by atoms with E-state index in [0.717, 1.165) is 5.82 Å². The van der Waals surface area contributed by atoms with Crippen LogP contribution in [0, 0.1) is 6.92 Å². The molecular formula is C12H10N4OS. The van der Waals surface area contributed by atoms with Crippen LogP contribution in [0.25, 0.3) is 5.65 Å². The molecule has 5 nitrogen and oxygen atoms in total. The molecule has 6 heteroatoms. The zero-order valence-electron chi connectivity index (χ0n) is 9.62. The number of carbonyl (C=O) groups is 1. The molecule has 0 aliphatic rings. The van der Waals surface area contributed by atoms with Crippen LogP contribution in [-0.2, 0) is 0 Å². The molecule has 0 saturated carbocycles. The van der Waals surface area contributed by atoms with Crippen LogP contribution in [0.1, 0.15) is 16.2 Å². The Labute approximate surface area is 107 Å².